The Labute approximate surface area is 125 Å². The third kappa shape index (κ3) is 2.06. The summed E-state index contributed by atoms with van der Waals surface area (Å²) in [6.07, 6.45) is 14.5. The highest BCUT2D eigenvalue weighted by atomic mass is 15.5. The molecule has 0 atom stereocenters. The molecule has 0 aliphatic carbocycles. The summed E-state index contributed by atoms with van der Waals surface area (Å²) in [7, 11) is 0. The monoisotopic (exact) mass is 292 g/mol. The number of nitrogens with two attached hydrogens (primary N) is 1. The van der Waals surface area contributed by atoms with Gasteiger partial charge in [-0.2, -0.15) is 9.89 Å². The van der Waals surface area contributed by atoms with Gasteiger partial charge in [-0.05, 0) is 0 Å². The van der Waals surface area contributed by atoms with Gasteiger partial charge in [-0.25, -0.2) is 4.98 Å². The molecule has 4 rings (SSSR count). The minimum Gasteiger partial charge on any atom is -0.323 e. The van der Waals surface area contributed by atoms with E-state index in [4.69, 9.17) is 5.84 Å². The van der Waals surface area contributed by atoms with Crippen LogP contribution in [0.4, 0.5) is 0 Å². The molecule has 0 unspecified atom stereocenters. The van der Waals surface area contributed by atoms with Gasteiger partial charge in [0.1, 0.15) is 0 Å². The number of imidazole rings is 1. The molecule has 8 nitrogen and oxygen atoms in total. The van der Waals surface area contributed by atoms with Crippen molar-refractivity contribution in [2.45, 2.75) is 6.42 Å². The Hall–Kier alpha value is -3.29. The molecule has 4 aromatic rings. The molecule has 0 spiro atoms. The average Bonchev–Trinajstić information content (AvgIpc) is 3.15. The molecule has 4 heterocycles. The van der Waals surface area contributed by atoms with Gasteiger partial charge in [0.05, 0.1) is 35.7 Å². The zero-order chi connectivity index (χ0) is 14.9. The summed E-state index contributed by atoms with van der Waals surface area (Å²) in [6.45, 7) is 0. The molecule has 0 bridgehead atoms. The molecule has 8 heteroatoms. The molecular weight excluding hydrogens is 280 g/mol. The van der Waals surface area contributed by atoms with Crippen molar-refractivity contribution in [1.82, 2.24) is 34.2 Å². The van der Waals surface area contributed by atoms with E-state index in [9.17, 15) is 0 Å². The fourth-order valence-electron chi connectivity index (χ4n) is 2.37. The highest BCUT2D eigenvalue weighted by Crippen LogP contribution is 2.21. The maximum atomic E-state index is 5.61. The Bertz CT molecular complexity index is 924. The van der Waals surface area contributed by atoms with Gasteiger partial charge >= 0.3 is 0 Å². The minimum absolute atomic E-state index is 0.574. The lowest BCUT2D eigenvalue weighted by Gasteiger charge is -2.03. The van der Waals surface area contributed by atoms with E-state index in [0.717, 1.165) is 28.3 Å². The summed E-state index contributed by atoms with van der Waals surface area (Å²) in [5.74, 6) is 5.61. The molecule has 0 aliphatic heterocycles. The zero-order valence-corrected chi connectivity index (χ0v) is 11.5. The van der Waals surface area contributed by atoms with Crippen LogP contribution >= 0.6 is 0 Å². The minimum atomic E-state index is 0.574. The first-order chi connectivity index (χ1) is 10.8. The van der Waals surface area contributed by atoms with Gasteiger partial charge in [0, 0.05) is 43.0 Å². The Balaban J connectivity index is 1.80. The van der Waals surface area contributed by atoms with Crippen molar-refractivity contribution in [1.29, 1.82) is 0 Å². The molecule has 4 aromatic heterocycles. The molecule has 0 amide bonds. The van der Waals surface area contributed by atoms with E-state index in [2.05, 4.69) is 25.0 Å². The number of hydrogen-bond acceptors (Lipinski definition) is 6. The highest BCUT2D eigenvalue weighted by molar-refractivity contribution is 5.63. The molecule has 108 valence electrons. The second-order valence-electron chi connectivity index (χ2n) is 4.79. The number of aromatic nitrogens is 7. The smallest absolute Gasteiger partial charge is 0.159 e. The van der Waals surface area contributed by atoms with Crippen LogP contribution < -0.4 is 5.84 Å². The first kappa shape index (κ1) is 12.5. The predicted octanol–water partition coefficient (Wildman–Crippen LogP) is 0.687. The van der Waals surface area contributed by atoms with Crippen molar-refractivity contribution in [2.24, 2.45) is 0 Å². The van der Waals surface area contributed by atoms with Crippen LogP contribution in [0.15, 0.2) is 49.6 Å². The van der Waals surface area contributed by atoms with E-state index >= 15 is 0 Å². The van der Waals surface area contributed by atoms with Gasteiger partial charge in [0.15, 0.2) is 5.65 Å². The summed E-state index contributed by atoms with van der Waals surface area (Å²) in [5.41, 5.74) is 4.28. The van der Waals surface area contributed by atoms with Crippen molar-refractivity contribution < 1.29 is 0 Å². The third-order valence-corrected chi connectivity index (χ3v) is 3.36. The lowest BCUT2D eigenvalue weighted by molar-refractivity contribution is 0.832. The van der Waals surface area contributed by atoms with Crippen LogP contribution in [0.5, 0.6) is 0 Å². The van der Waals surface area contributed by atoms with E-state index in [-0.39, 0.29) is 0 Å². The Kier molecular flexibility index (Phi) is 2.78. The van der Waals surface area contributed by atoms with Crippen LogP contribution in [0.25, 0.3) is 16.9 Å². The summed E-state index contributed by atoms with van der Waals surface area (Å²) >= 11 is 0. The van der Waals surface area contributed by atoms with Crippen molar-refractivity contribution in [3.63, 3.8) is 0 Å². The first-order valence-corrected chi connectivity index (χ1v) is 6.67. The fourth-order valence-corrected chi connectivity index (χ4v) is 2.37. The molecule has 0 aliphatic rings. The Morgan fingerprint density at radius 1 is 1.00 bits per heavy atom. The lowest BCUT2D eigenvalue weighted by atomic mass is 10.2. The normalized spacial score (nSPS) is 11.1. The molecule has 0 radical (unpaired) electrons. The van der Waals surface area contributed by atoms with E-state index in [0.29, 0.717) is 6.42 Å². The molecule has 0 saturated heterocycles. The second-order valence-corrected chi connectivity index (χ2v) is 4.79. The van der Waals surface area contributed by atoms with Gasteiger partial charge in [0.2, 0.25) is 0 Å². The average molecular weight is 292 g/mol. The summed E-state index contributed by atoms with van der Waals surface area (Å²) in [6, 6.07) is 0. The number of rotatable bonds is 3. The molecule has 22 heavy (non-hydrogen) atoms. The summed E-state index contributed by atoms with van der Waals surface area (Å²) in [4.78, 5) is 18.5. The van der Waals surface area contributed by atoms with Crippen LogP contribution in [0.3, 0.4) is 0 Å². The molecule has 2 N–H and O–H groups in total. The molecular formula is C14H12N8. The lowest BCUT2D eigenvalue weighted by Crippen LogP contribution is -2.07. The summed E-state index contributed by atoms with van der Waals surface area (Å²) < 4.78 is 1.97. The number of fused-ring (bicyclic) bond motifs is 1. The van der Waals surface area contributed by atoms with Crippen molar-refractivity contribution >= 4 is 5.65 Å². The third-order valence-electron chi connectivity index (χ3n) is 3.36. The van der Waals surface area contributed by atoms with Crippen molar-refractivity contribution in [3.05, 3.63) is 61.0 Å². The van der Waals surface area contributed by atoms with Crippen molar-refractivity contribution in [3.8, 4) is 11.3 Å². The maximum absolute atomic E-state index is 5.61. The van der Waals surface area contributed by atoms with Gasteiger partial charge in [-0.3, -0.25) is 19.4 Å². The van der Waals surface area contributed by atoms with Gasteiger partial charge < -0.3 is 5.84 Å². The zero-order valence-electron chi connectivity index (χ0n) is 11.5. The molecule has 0 fully saturated rings. The number of nitrogens with zero attached hydrogens (tertiary/aromatic N) is 7. The van der Waals surface area contributed by atoms with E-state index in [1.54, 1.807) is 43.4 Å². The van der Waals surface area contributed by atoms with Crippen LogP contribution in [-0.2, 0) is 6.42 Å². The first-order valence-electron chi connectivity index (χ1n) is 6.67. The fraction of sp³-hybridized carbons (Fsp3) is 0.0714. The van der Waals surface area contributed by atoms with Gasteiger partial charge in [-0.15, -0.1) is 0 Å². The van der Waals surface area contributed by atoms with E-state index < -0.39 is 0 Å². The highest BCUT2D eigenvalue weighted by Gasteiger charge is 2.12. The summed E-state index contributed by atoms with van der Waals surface area (Å²) in [5, 5.41) is 3.99. The molecule has 0 aromatic carbocycles. The largest absolute Gasteiger partial charge is 0.323 e. The quantitative estimate of drug-likeness (QED) is 0.558. The topological polar surface area (TPSA) is 99.8 Å². The Morgan fingerprint density at radius 2 is 1.95 bits per heavy atom. The predicted molar refractivity (Wildman–Crippen MR) is 79.2 cm³/mol. The second kappa shape index (κ2) is 4.92. The van der Waals surface area contributed by atoms with Crippen LogP contribution in [0.1, 0.15) is 11.4 Å². The van der Waals surface area contributed by atoms with Gasteiger partial charge in [0.25, 0.3) is 0 Å². The number of nitrogen functional groups attached to an aromatic ring is 1. The molecule has 0 saturated carbocycles. The van der Waals surface area contributed by atoms with Crippen LogP contribution in [0.2, 0.25) is 0 Å². The SMILES string of the molecule is Nn1cc(-c2cnc3c(Cc4cnccn4)nccn23)cn1. The standard InChI is InChI=1S/C14H12N8/c15-22-9-10(6-20-22)13-8-19-14-12(18-3-4-21(13)14)5-11-7-16-1-2-17-11/h1-4,6-9H,5,15H2. The Morgan fingerprint density at radius 3 is 2.73 bits per heavy atom. The van der Waals surface area contributed by atoms with Gasteiger partial charge in [-0.1, -0.05) is 0 Å². The maximum Gasteiger partial charge on any atom is 0.159 e. The number of hydrogen-bond donors (Lipinski definition) is 1. The van der Waals surface area contributed by atoms with E-state index in [1.165, 1.54) is 4.79 Å². The van der Waals surface area contributed by atoms with Crippen molar-refractivity contribution in [2.75, 3.05) is 5.84 Å². The van der Waals surface area contributed by atoms with Crippen LogP contribution in [0, 0.1) is 0 Å². The van der Waals surface area contributed by atoms with E-state index in [1.807, 2.05) is 10.6 Å². The van der Waals surface area contributed by atoms with Crippen LogP contribution in [-0.4, -0.2) is 34.2 Å².